The Balaban J connectivity index is 2.28. The van der Waals surface area contributed by atoms with Gasteiger partial charge in [0.1, 0.15) is 11.6 Å². The summed E-state index contributed by atoms with van der Waals surface area (Å²) in [5.41, 5.74) is 6.95. The highest BCUT2D eigenvalue weighted by molar-refractivity contribution is 9.10. The third-order valence-electron chi connectivity index (χ3n) is 2.83. The summed E-state index contributed by atoms with van der Waals surface area (Å²) in [4.78, 5) is 0. The van der Waals surface area contributed by atoms with Crippen molar-refractivity contribution in [2.24, 2.45) is 5.73 Å². The molecule has 0 radical (unpaired) electrons. The van der Waals surface area contributed by atoms with Crippen molar-refractivity contribution in [3.05, 3.63) is 68.7 Å². The number of benzene rings is 2. The van der Waals surface area contributed by atoms with Gasteiger partial charge in [-0.1, -0.05) is 23.7 Å². The van der Waals surface area contributed by atoms with Gasteiger partial charge in [-0.3, -0.25) is 0 Å². The van der Waals surface area contributed by atoms with Crippen LogP contribution in [0.25, 0.3) is 0 Å². The number of rotatable bonds is 3. The second kappa shape index (κ2) is 5.99. The Kier molecular flexibility index (Phi) is 4.55. The van der Waals surface area contributed by atoms with Crippen LogP contribution in [0.1, 0.15) is 17.2 Å². The standard InChI is InChI=1S/C14H11BrClF2N/c15-11-3-1-2-10(14(11)16)13(19)7-8-6-9(17)4-5-12(8)18/h1-6,13H,7,19H2. The molecule has 1 atom stereocenters. The van der Waals surface area contributed by atoms with Crippen molar-refractivity contribution in [1.29, 1.82) is 0 Å². The summed E-state index contributed by atoms with van der Waals surface area (Å²) in [6.45, 7) is 0. The van der Waals surface area contributed by atoms with E-state index in [4.69, 9.17) is 17.3 Å². The normalized spacial score (nSPS) is 12.5. The molecule has 0 spiro atoms. The van der Waals surface area contributed by atoms with E-state index in [1.54, 1.807) is 18.2 Å². The van der Waals surface area contributed by atoms with E-state index in [1.165, 1.54) is 0 Å². The monoisotopic (exact) mass is 345 g/mol. The molecule has 0 saturated carbocycles. The van der Waals surface area contributed by atoms with Crippen LogP contribution < -0.4 is 5.73 Å². The first-order chi connectivity index (χ1) is 8.99. The number of halogens is 4. The van der Waals surface area contributed by atoms with E-state index in [-0.39, 0.29) is 12.0 Å². The van der Waals surface area contributed by atoms with Crippen LogP contribution in [-0.2, 0) is 6.42 Å². The van der Waals surface area contributed by atoms with Crippen molar-refractivity contribution < 1.29 is 8.78 Å². The van der Waals surface area contributed by atoms with E-state index in [0.717, 1.165) is 22.7 Å². The molecule has 1 nitrogen and oxygen atoms in total. The van der Waals surface area contributed by atoms with Gasteiger partial charge < -0.3 is 5.73 Å². The largest absolute Gasteiger partial charge is 0.324 e. The van der Waals surface area contributed by atoms with Crippen molar-refractivity contribution in [3.63, 3.8) is 0 Å². The Labute approximate surface area is 123 Å². The molecule has 0 aliphatic heterocycles. The van der Waals surface area contributed by atoms with Crippen LogP contribution in [0.3, 0.4) is 0 Å². The van der Waals surface area contributed by atoms with Crippen molar-refractivity contribution in [1.82, 2.24) is 0 Å². The summed E-state index contributed by atoms with van der Waals surface area (Å²) >= 11 is 9.43. The molecule has 2 N–H and O–H groups in total. The summed E-state index contributed by atoms with van der Waals surface area (Å²) in [6.07, 6.45) is 0.180. The number of hydrogen-bond acceptors (Lipinski definition) is 1. The molecule has 2 rings (SSSR count). The van der Waals surface area contributed by atoms with Gasteiger partial charge in [-0.2, -0.15) is 0 Å². The molecule has 2 aromatic rings. The Hall–Kier alpha value is -0.970. The maximum Gasteiger partial charge on any atom is 0.126 e. The fraction of sp³-hybridized carbons (Fsp3) is 0.143. The van der Waals surface area contributed by atoms with Gasteiger partial charge in [-0.25, -0.2) is 8.78 Å². The fourth-order valence-corrected chi connectivity index (χ4v) is 2.50. The minimum atomic E-state index is -0.499. The molecule has 19 heavy (non-hydrogen) atoms. The van der Waals surface area contributed by atoms with Gasteiger partial charge in [0.15, 0.2) is 0 Å². The smallest absolute Gasteiger partial charge is 0.126 e. The van der Waals surface area contributed by atoms with E-state index in [0.29, 0.717) is 10.6 Å². The molecule has 0 aromatic heterocycles. The van der Waals surface area contributed by atoms with Crippen LogP contribution >= 0.6 is 27.5 Å². The number of hydrogen-bond donors (Lipinski definition) is 1. The lowest BCUT2D eigenvalue weighted by Crippen LogP contribution is -2.15. The van der Waals surface area contributed by atoms with E-state index >= 15 is 0 Å². The topological polar surface area (TPSA) is 26.0 Å². The van der Waals surface area contributed by atoms with Crippen LogP contribution in [0.2, 0.25) is 5.02 Å². The lowest BCUT2D eigenvalue weighted by atomic mass is 9.99. The zero-order valence-electron chi connectivity index (χ0n) is 9.84. The minimum absolute atomic E-state index is 0.180. The molecule has 0 saturated heterocycles. The molecule has 100 valence electrons. The van der Waals surface area contributed by atoms with Crippen molar-refractivity contribution >= 4 is 27.5 Å². The first-order valence-corrected chi connectivity index (χ1v) is 6.79. The molecule has 0 heterocycles. The van der Waals surface area contributed by atoms with Gasteiger partial charge in [0.2, 0.25) is 0 Å². The minimum Gasteiger partial charge on any atom is -0.324 e. The average molecular weight is 347 g/mol. The van der Waals surface area contributed by atoms with Gasteiger partial charge in [-0.05, 0) is 57.7 Å². The van der Waals surface area contributed by atoms with E-state index in [2.05, 4.69) is 15.9 Å². The van der Waals surface area contributed by atoms with Gasteiger partial charge in [0.25, 0.3) is 0 Å². The lowest BCUT2D eigenvalue weighted by Gasteiger charge is -2.15. The second-order valence-electron chi connectivity index (χ2n) is 4.19. The lowest BCUT2D eigenvalue weighted by molar-refractivity contribution is 0.572. The van der Waals surface area contributed by atoms with Gasteiger partial charge in [0, 0.05) is 10.5 Å². The van der Waals surface area contributed by atoms with Gasteiger partial charge in [0.05, 0.1) is 5.02 Å². The predicted molar refractivity (Wildman–Crippen MR) is 76.1 cm³/mol. The summed E-state index contributed by atoms with van der Waals surface area (Å²) in [7, 11) is 0. The zero-order valence-corrected chi connectivity index (χ0v) is 12.2. The first-order valence-electron chi connectivity index (χ1n) is 5.62. The molecule has 0 bridgehead atoms. The van der Waals surface area contributed by atoms with Gasteiger partial charge in [-0.15, -0.1) is 0 Å². The highest BCUT2D eigenvalue weighted by atomic mass is 79.9. The van der Waals surface area contributed by atoms with Gasteiger partial charge >= 0.3 is 0 Å². The first kappa shape index (κ1) is 14.4. The van der Waals surface area contributed by atoms with Crippen LogP contribution in [0.5, 0.6) is 0 Å². The maximum atomic E-state index is 13.6. The Morgan fingerprint density at radius 1 is 1.21 bits per heavy atom. The van der Waals surface area contributed by atoms with Crippen molar-refractivity contribution in [2.75, 3.05) is 0 Å². The van der Waals surface area contributed by atoms with E-state index in [9.17, 15) is 8.78 Å². The molecular formula is C14H11BrClF2N. The highest BCUT2D eigenvalue weighted by Crippen LogP contribution is 2.31. The molecule has 1 unspecified atom stereocenters. The Bertz CT molecular complexity index is 604. The molecular weight excluding hydrogens is 336 g/mol. The fourth-order valence-electron chi connectivity index (χ4n) is 1.85. The van der Waals surface area contributed by atoms with Crippen LogP contribution in [0.15, 0.2) is 40.9 Å². The average Bonchev–Trinajstić information content (AvgIpc) is 2.37. The SMILES string of the molecule is NC(Cc1cc(F)ccc1F)c1cccc(Br)c1Cl. The third kappa shape index (κ3) is 3.32. The quantitative estimate of drug-likeness (QED) is 0.862. The molecule has 0 aliphatic carbocycles. The molecule has 5 heteroatoms. The van der Waals surface area contributed by atoms with E-state index in [1.807, 2.05) is 0 Å². The summed E-state index contributed by atoms with van der Waals surface area (Å²) < 4.78 is 27.4. The summed E-state index contributed by atoms with van der Waals surface area (Å²) in [5, 5.41) is 0.492. The summed E-state index contributed by atoms with van der Waals surface area (Å²) in [6, 6.07) is 8.20. The van der Waals surface area contributed by atoms with Crippen LogP contribution in [-0.4, -0.2) is 0 Å². The maximum absolute atomic E-state index is 13.6. The number of nitrogens with two attached hydrogens (primary N) is 1. The molecule has 0 amide bonds. The summed E-state index contributed by atoms with van der Waals surface area (Å²) in [5.74, 6) is -0.952. The predicted octanol–water partition coefficient (Wildman–Crippen LogP) is 4.62. The van der Waals surface area contributed by atoms with Crippen LogP contribution in [0.4, 0.5) is 8.78 Å². The van der Waals surface area contributed by atoms with Crippen LogP contribution in [0, 0.1) is 11.6 Å². The van der Waals surface area contributed by atoms with Crippen molar-refractivity contribution in [3.8, 4) is 0 Å². The molecule has 0 aliphatic rings. The second-order valence-corrected chi connectivity index (χ2v) is 5.42. The zero-order chi connectivity index (χ0) is 14.0. The molecule has 2 aromatic carbocycles. The van der Waals surface area contributed by atoms with E-state index < -0.39 is 17.7 Å². The third-order valence-corrected chi connectivity index (χ3v) is 4.14. The highest BCUT2D eigenvalue weighted by Gasteiger charge is 2.15. The molecule has 0 fully saturated rings. The van der Waals surface area contributed by atoms with Crippen molar-refractivity contribution in [2.45, 2.75) is 12.5 Å². The Morgan fingerprint density at radius 3 is 2.68 bits per heavy atom. The Morgan fingerprint density at radius 2 is 1.95 bits per heavy atom.